The third-order valence-electron chi connectivity index (χ3n) is 3.00. The Labute approximate surface area is 108 Å². The van der Waals surface area contributed by atoms with Crippen molar-refractivity contribution in [1.82, 2.24) is 9.55 Å². The number of aromatic nitrogens is 2. The number of nitrogen functional groups attached to an aromatic ring is 1. The molecule has 0 unspecified atom stereocenters. The molecule has 0 atom stereocenters. The van der Waals surface area contributed by atoms with E-state index in [4.69, 9.17) is 5.73 Å². The van der Waals surface area contributed by atoms with Crippen molar-refractivity contribution in [2.45, 2.75) is 6.54 Å². The number of nitrogens with two attached hydrogens (primary N) is 1. The number of rotatable bonds is 2. The first kappa shape index (κ1) is 11.6. The van der Waals surface area contributed by atoms with Crippen LogP contribution in [0.1, 0.15) is 5.56 Å². The molecule has 0 bridgehead atoms. The molecule has 3 aromatic rings. The molecular formula is C14H11F2N3. The standard InChI is InChI=1S/C14H11F2N3/c15-10-2-1-9(12(16)5-10)7-19-8-18-13-6-11(17)3-4-14(13)19/h1-6,8H,7,17H2. The molecular weight excluding hydrogens is 248 g/mol. The Morgan fingerprint density at radius 3 is 2.74 bits per heavy atom. The molecule has 0 aliphatic heterocycles. The van der Waals surface area contributed by atoms with E-state index in [-0.39, 0.29) is 0 Å². The Balaban J connectivity index is 2.01. The lowest BCUT2D eigenvalue weighted by atomic mass is 10.2. The maximum Gasteiger partial charge on any atom is 0.131 e. The fraction of sp³-hybridized carbons (Fsp3) is 0.0714. The third-order valence-corrected chi connectivity index (χ3v) is 3.00. The van der Waals surface area contributed by atoms with E-state index in [0.29, 0.717) is 17.8 Å². The van der Waals surface area contributed by atoms with Crippen molar-refractivity contribution < 1.29 is 8.78 Å². The quantitative estimate of drug-likeness (QED) is 0.719. The molecule has 0 saturated heterocycles. The van der Waals surface area contributed by atoms with Gasteiger partial charge in [-0.25, -0.2) is 13.8 Å². The number of imidazole rings is 1. The summed E-state index contributed by atoms with van der Waals surface area (Å²) in [6, 6.07) is 8.92. The molecule has 3 rings (SSSR count). The normalized spacial score (nSPS) is 11.1. The monoisotopic (exact) mass is 259 g/mol. The second kappa shape index (κ2) is 4.35. The molecule has 0 aliphatic carbocycles. The van der Waals surface area contributed by atoms with E-state index in [2.05, 4.69) is 4.98 Å². The zero-order valence-corrected chi connectivity index (χ0v) is 9.98. The lowest BCUT2D eigenvalue weighted by Gasteiger charge is -2.06. The number of halogens is 2. The Hall–Kier alpha value is -2.43. The number of hydrogen-bond donors (Lipinski definition) is 1. The molecule has 2 N–H and O–H groups in total. The lowest BCUT2D eigenvalue weighted by molar-refractivity contribution is 0.567. The van der Waals surface area contributed by atoms with Gasteiger partial charge in [0.1, 0.15) is 11.6 Å². The summed E-state index contributed by atoms with van der Waals surface area (Å²) in [7, 11) is 0. The zero-order chi connectivity index (χ0) is 13.4. The maximum atomic E-state index is 13.6. The molecule has 96 valence electrons. The molecule has 2 aromatic carbocycles. The van der Waals surface area contributed by atoms with E-state index in [1.165, 1.54) is 12.1 Å². The van der Waals surface area contributed by atoms with Crippen LogP contribution in [0.15, 0.2) is 42.7 Å². The fourth-order valence-electron chi connectivity index (χ4n) is 2.04. The fourth-order valence-corrected chi connectivity index (χ4v) is 2.04. The summed E-state index contributed by atoms with van der Waals surface area (Å²) in [5.41, 5.74) is 8.33. The van der Waals surface area contributed by atoms with Crippen LogP contribution in [0.3, 0.4) is 0 Å². The zero-order valence-electron chi connectivity index (χ0n) is 9.98. The molecule has 3 nitrogen and oxygen atoms in total. The van der Waals surface area contributed by atoms with Crippen LogP contribution in [0, 0.1) is 11.6 Å². The largest absolute Gasteiger partial charge is 0.399 e. The van der Waals surface area contributed by atoms with E-state index in [0.717, 1.165) is 17.1 Å². The van der Waals surface area contributed by atoms with Crippen molar-refractivity contribution >= 4 is 16.7 Å². The van der Waals surface area contributed by atoms with Crippen molar-refractivity contribution in [3.8, 4) is 0 Å². The van der Waals surface area contributed by atoms with Gasteiger partial charge in [0.15, 0.2) is 0 Å². The Bertz CT molecular complexity index is 750. The number of anilines is 1. The summed E-state index contributed by atoms with van der Waals surface area (Å²) in [5.74, 6) is -1.14. The first-order valence-electron chi connectivity index (χ1n) is 5.78. The van der Waals surface area contributed by atoms with Crippen molar-refractivity contribution in [1.29, 1.82) is 0 Å². The van der Waals surface area contributed by atoms with Crippen LogP contribution in [0.25, 0.3) is 11.0 Å². The highest BCUT2D eigenvalue weighted by Crippen LogP contribution is 2.18. The van der Waals surface area contributed by atoms with E-state index >= 15 is 0 Å². The highest BCUT2D eigenvalue weighted by Gasteiger charge is 2.07. The summed E-state index contributed by atoms with van der Waals surface area (Å²) in [6.07, 6.45) is 1.62. The molecule has 0 aliphatic rings. The van der Waals surface area contributed by atoms with Crippen LogP contribution in [0.4, 0.5) is 14.5 Å². The number of hydrogen-bond acceptors (Lipinski definition) is 2. The van der Waals surface area contributed by atoms with Gasteiger partial charge in [0.05, 0.1) is 23.9 Å². The third kappa shape index (κ3) is 2.14. The Morgan fingerprint density at radius 2 is 1.95 bits per heavy atom. The number of benzene rings is 2. The van der Waals surface area contributed by atoms with Crippen molar-refractivity contribution in [2.24, 2.45) is 0 Å². The van der Waals surface area contributed by atoms with Crippen LogP contribution < -0.4 is 5.73 Å². The molecule has 0 amide bonds. The summed E-state index contributed by atoms with van der Waals surface area (Å²) < 4.78 is 28.3. The lowest BCUT2D eigenvalue weighted by Crippen LogP contribution is -2.01. The highest BCUT2D eigenvalue weighted by atomic mass is 19.1. The minimum atomic E-state index is -0.579. The van der Waals surface area contributed by atoms with E-state index in [1.54, 1.807) is 23.0 Å². The van der Waals surface area contributed by atoms with E-state index < -0.39 is 11.6 Å². The van der Waals surface area contributed by atoms with Gasteiger partial charge in [0.2, 0.25) is 0 Å². The van der Waals surface area contributed by atoms with Gasteiger partial charge in [0.25, 0.3) is 0 Å². The van der Waals surface area contributed by atoms with E-state index in [1.807, 2.05) is 6.07 Å². The van der Waals surface area contributed by atoms with Crippen LogP contribution in [-0.4, -0.2) is 9.55 Å². The van der Waals surface area contributed by atoms with Crippen LogP contribution >= 0.6 is 0 Å². The van der Waals surface area contributed by atoms with Crippen LogP contribution in [0.5, 0.6) is 0 Å². The number of fused-ring (bicyclic) bond motifs is 1. The van der Waals surface area contributed by atoms with Crippen molar-refractivity contribution in [3.63, 3.8) is 0 Å². The van der Waals surface area contributed by atoms with Gasteiger partial charge in [-0.1, -0.05) is 6.07 Å². The van der Waals surface area contributed by atoms with Crippen LogP contribution in [-0.2, 0) is 6.54 Å². The molecule has 1 heterocycles. The minimum absolute atomic E-state index is 0.298. The van der Waals surface area contributed by atoms with Crippen LogP contribution in [0.2, 0.25) is 0 Å². The van der Waals surface area contributed by atoms with Crippen molar-refractivity contribution in [3.05, 3.63) is 59.9 Å². The molecule has 19 heavy (non-hydrogen) atoms. The molecule has 5 heteroatoms. The predicted octanol–water partition coefficient (Wildman–Crippen LogP) is 2.95. The van der Waals surface area contributed by atoms with Gasteiger partial charge in [-0.2, -0.15) is 0 Å². The van der Waals surface area contributed by atoms with Gasteiger partial charge < -0.3 is 10.3 Å². The first-order valence-corrected chi connectivity index (χ1v) is 5.78. The molecule has 0 fully saturated rings. The second-order valence-corrected chi connectivity index (χ2v) is 4.36. The molecule has 0 saturated carbocycles. The van der Waals surface area contributed by atoms with Gasteiger partial charge in [-0.15, -0.1) is 0 Å². The summed E-state index contributed by atoms with van der Waals surface area (Å²) in [4.78, 5) is 4.21. The second-order valence-electron chi connectivity index (χ2n) is 4.36. The maximum absolute atomic E-state index is 13.6. The van der Waals surface area contributed by atoms with Gasteiger partial charge in [-0.05, 0) is 24.3 Å². The molecule has 0 radical (unpaired) electrons. The smallest absolute Gasteiger partial charge is 0.131 e. The molecule has 0 spiro atoms. The van der Waals surface area contributed by atoms with Gasteiger partial charge in [0, 0.05) is 17.3 Å². The predicted molar refractivity (Wildman–Crippen MR) is 69.6 cm³/mol. The highest BCUT2D eigenvalue weighted by molar-refractivity contribution is 5.79. The summed E-state index contributed by atoms with van der Waals surface area (Å²) in [5, 5.41) is 0. The Morgan fingerprint density at radius 1 is 1.11 bits per heavy atom. The van der Waals surface area contributed by atoms with Crippen molar-refractivity contribution in [2.75, 3.05) is 5.73 Å². The topological polar surface area (TPSA) is 43.8 Å². The van der Waals surface area contributed by atoms with Gasteiger partial charge >= 0.3 is 0 Å². The average Bonchev–Trinajstić information content (AvgIpc) is 2.75. The summed E-state index contributed by atoms with van der Waals surface area (Å²) >= 11 is 0. The van der Waals surface area contributed by atoms with Gasteiger partial charge in [-0.3, -0.25) is 0 Å². The Kier molecular flexibility index (Phi) is 2.67. The van der Waals surface area contributed by atoms with E-state index in [9.17, 15) is 8.78 Å². The SMILES string of the molecule is Nc1ccc2c(c1)ncn2Cc1ccc(F)cc1F. The first-order chi connectivity index (χ1) is 9.13. The molecule has 1 aromatic heterocycles. The number of nitrogens with zero attached hydrogens (tertiary/aromatic N) is 2. The average molecular weight is 259 g/mol. The summed E-state index contributed by atoms with van der Waals surface area (Å²) in [6.45, 7) is 0.298. The minimum Gasteiger partial charge on any atom is -0.399 e.